The molecule has 1 atom stereocenters. The van der Waals surface area contributed by atoms with Gasteiger partial charge in [0, 0.05) is 15.6 Å². The van der Waals surface area contributed by atoms with Crippen molar-refractivity contribution in [1.82, 2.24) is 4.98 Å². The van der Waals surface area contributed by atoms with Crippen LogP contribution >= 0.6 is 46.1 Å². The van der Waals surface area contributed by atoms with Crippen molar-refractivity contribution < 1.29 is 9.53 Å². The molecule has 1 aromatic heterocycles. The second-order valence-corrected chi connectivity index (χ2v) is 8.81. The van der Waals surface area contributed by atoms with Crippen LogP contribution in [-0.2, 0) is 4.79 Å². The number of anilines is 1. The average molecular weight is 478 g/mol. The standard InChI is InChI=1S/C22H15Cl3N2O2S/c1-12(29-19-9-7-14(24)11-16(19)25)21(28)26-17-8-6-13(23)10-15(17)22-27-18-4-2-3-5-20(18)30-22/h2-12H,1H3,(H,26,28). The summed E-state index contributed by atoms with van der Waals surface area (Å²) in [5.41, 5.74) is 2.23. The first-order valence-electron chi connectivity index (χ1n) is 8.99. The molecule has 152 valence electrons. The van der Waals surface area contributed by atoms with Gasteiger partial charge in [0.05, 0.1) is 20.9 Å². The minimum absolute atomic E-state index is 0.328. The Morgan fingerprint density at radius 3 is 2.53 bits per heavy atom. The lowest BCUT2D eigenvalue weighted by Crippen LogP contribution is -2.30. The SMILES string of the molecule is CC(Oc1ccc(Cl)cc1Cl)C(=O)Nc1ccc(Cl)cc1-c1nc2ccccc2s1. The van der Waals surface area contributed by atoms with Crippen molar-refractivity contribution >= 4 is 68.0 Å². The zero-order chi connectivity index (χ0) is 21.3. The number of hydrogen-bond acceptors (Lipinski definition) is 4. The normalized spacial score (nSPS) is 12.0. The van der Waals surface area contributed by atoms with Crippen molar-refractivity contribution in [2.24, 2.45) is 0 Å². The van der Waals surface area contributed by atoms with Crippen molar-refractivity contribution in [2.75, 3.05) is 5.32 Å². The van der Waals surface area contributed by atoms with E-state index in [-0.39, 0.29) is 5.91 Å². The second kappa shape index (κ2) is 8.82. The minimum atomic E-state index is -0.789. The van der Waals surface area contributed by atoms with Gasteiger partial charge in [-0.2, -0.15) is 0 Å². The summed E-state index contributed by atoms with van der Waals surface area (Å²) < 4.78 is 6.76. The van der Waals surface area contributed by atoms with Crippen LogP contribution in [0.1, 0.15) is 6.92 Å². The van der Waals surface area contributed by atoms with E-state index >= 15 is 0 Å². The summed E-state index contributed by atoms with van der Waals surface area (Å²) in [7, 11) is 0. The Kier molecular flexibility index (Phi) is 6.16. The van der Waals surface area contributed by atoms with Crippen LogP contribution in [0.3, 0.4) is 0 Å². The lowest BCUT2D eigenvalue weighted by Gasteiger charge is -2.17. The maximum atomic E-state index is 12.8. The Morgan fingerprint density at radius 1 is 1.03 bits per heavy atom. The number of para-hydroxylation sites is 1. The fraction of sp³-hybridized carbons (Fsp3) is 0.0909. The van der Waals surface area contributed by atoms with E-state index in [0.717, 1.165) is 20.8 Å². The third-order valence-electron chi connectivity index (χ3n) is 4.33. The van der Waals surface area contributed by atoms with Crippen molar-refractivity contribution in [3.63, 3.8) is 0 Å². The van der Waals surface area contributed by atoms with Gasteiger partial charge in [0.1, 0.15) is 10.8 Å². The topological polar surface area (TPSA) is 51.2 Å². The molecule has 0 aliphatic rings. The van der Waals surface area contributed by atoms with Gasteiger partial charge in [0.2, 0.25) is 0 Å². The molecule has 0 saturated heterocycles. The Bertz CT molecular complexity index is 1210. The Hall–Kier alpha value is -2.31. The van der Waals surface area contributed by atoms with Gasteiger partial charge in [0.25, 0.3) is 5.91 Å². The molecule has 4 rings (SSSR count). The van der Waals surface area contributed by atoms with E-state index in [0.29, 0.717) is 26.5 Å². The number of nitrogens with zero attached hydrogens (tertiary/aromatic N) is 1. The monoisotopic (exact) mass is 476 g/mol. The summed E-state index contributed by atoms with van der Waals surface area (Å²) in [5.74, 6) is 0.0527. The smallest absolute Gasteiger partial charge is 0.265 e. The molecule has 0 spiro atoms. The van der Waals surface area contributed by atoms with Crippen LogP contribution in [0.15, 0.2) is 60.7 Å². The number of hydrogen-bond donors (Lipinski definition) is 1. The average Bonchev–Trinajstić information content (AvgIpc) is 3.15. The summed E-state index contributed by atoms with van der Waals surface area (Å²) in [4.78, 5) is 17.5. The van der Waals surface area contributed by atoms with Crippen LogP contribution in [0.5, 0.6) is 5.75 Å². The molecule has 1 amide bonds. The third kappa shape index (κ3) is 4.55. The zero-order valence-electron chi connectivity index (χ0n) is 15.7. The number of benzene rings is 3. The molecule has 3 aromatic carbocycles. The van der Waals surface area contributed by atoms with E-state index in [1.165, 1.54) is 11.3 Å². The highest BCUT2D eigenvalue weighted by Crippen LogP contribution is 2.36. The number of rotatable bonds is 5. The summed E-state index contributed by atoms with van der Waals surface area (Å²) in [6.45, 7) is 1.65. The molecule has 1 heterocycles. The predicted octanol–water partition coefficient (Wildman–Crippen LogP) is 7.33. The lowest BCUT2D eigenvalue weighted by molar-refractivity contribution is -0.122. The molecule has 0 aliphatic carbocycles. The highest BCUT2D eigenvalue weighted by molar-refractivity contribution is 7.21. The number of carbonyl (C=O) groups excluding carboxylic acids is 1. The van der Waals surface area contributed by atoms with Gasteiger partial charge in [-0.15, -0.1) is 11.3 Å². The molecule has 0 fully saturated rings. The number of aromatic nitrogens is 1. The van der Waals surface area contributed by atoms with Crippen LogP contribution in [0.25, 0.3) is 20.8 Å². The molecule has 1 unspecified atom stereocenters. The van der Waals surface area contributed by atoms with Crippen LogP contribution in [0, 0.1) is 0 Å². The quantitative estimate of drug-likeness (QED) is 0.327. The Labute approximate surface area is 192 Å². The first kappa shape index (κ1) is 20.9. The molecule has 0 bridgehead atoms. The summed E-state index contributed by atoms with van der Waals surface area (Å²) in [6.07, 6.45) is -0.789. The van der Waals surface area contributed by atoms with Crippen LogP contribution < -0.4 is 10.1 Å². The second-order valence-electron chi connectivity index (χ2n) is 6.50. The van der Waals surface area contributed by atoms with Crippen molar-refractivity contribution in [1.29, 1.82) is 0 Å². The predicted molar refractivity (Wildman–Crippen MR) is 125 cm³/mol. The molecule has 0 aliphatic heterocycles. The molecule has 1 N–H and O–H groups in total. The first-order chi connectivity index (χ1) is 14.4. The maximum absolute atomic E-state index is 12.8. The lowest BCUT2D eigenvalue weighted by atomic mass is 10.1. The molecule has 4 aromatic rings. The van der Waals surface area contributed by atoms with Crippen LogP contribution in [-0.4, -0.2) is 17.0 Å². The van der Waals surface area contributed by atoms with Gasteiger partial charge in [-0.3, -0.25) is 4.79 Å². The summed E-state index contributed by atoms with van der Waals surface area (Å²) >= 11 is 19.8. The summed E-state index contributed by atoms with van der Waals surface area (Å²) in [5, 5.41) is 5.06. The van der Waals surface area contributed by atoms with Crippen LogP contribution in [0.4, 0.5) is 5.69 Å². The number of amides is 1. The maximum Gasteiger partial charge on any atom is 0.265 e. The minimum Gasteiger partial charge on any atom is -0.479 e. The zero-order valence-corrected chi connectivity index (χ0v) is 18.7. The van der Waals surface area contributed by atoms with Crippen molar-refractivity contribution in [3.8, 4) is 16.3 Å². The molecular formula is C22H15Cl3N2O2S. The van der Waals surface area contributed by atoms with E-state index in [4.69, 9.17) is 39.5 Å². The highest BCUT2D eigenvalue weighted by atomic mass is 35.5. The van der Waals surface area contributed by atoms with Gasteiger partial charge in [-0.1, -0.05) is 46.9 Å². The van der Waals surface area contributed by atoms with E-state index < -0.39 is 6.10 Å². The number of nitrogens with one attached hydrogen (secondary N) is 1. The number of halogens is 3. The van der Waals surface area contributed by atoms with Crippen LogP contribution in [0.2, 0.25) is 15.1 Å². The van der Waals surface area contributed by atoms with Crippen molar-refractivity contribution in [3.05, 3.63) is 75.7 Å². The van der Waals surface area contributed by atoms with Crippen molar-refractivity contribution in [2.45, 2.75) is 13.0 Å². The molecule has 30 heavy (non-hydrogen) atoms. The largest absolute Gasteiger partial charge is 0.479 e. The van der Waals surface area contributed by atoms with Gasteiger partial charge in [0.15, 0.2) is 6.10 Å². The summed E-state index contributed by atoms with van der Waals surface area (Å²) in [6, 6.07) is 18.0. The molecule has 4 nitrogen and oxygen atoms in total. The highest BCUT2D eigenvalue weighted by Gasteiger charge is 2.19. The van der Waals surface area contributed by atoms with Gasteiger partial charge in [-0.25, -0.2) is 4.98 Å². The fourth-order valence-electron chi connectivity index (χ4n) is 2.84. The Morgan fingerprint density at radius 2 is 1.77 bits per heavy atom. The Balaban J connectivity index is 1.59. The number of fused-ring (bicyclic) bond motifs is 1. The molecule has 8 heteroatoms. The molecular weight excluding hydrogens is 463 g/mol. The first-order valence-corrected chi connectivity index (χ1v) is 10.9. The van der Waals surface area contributed by atoms with Gasteiger partial charge in [-0.05, 0) is 55.5 Å². The molecule has 0 radical (unpaired) electrons. The number of ether oxygens (including phenoxy) is 1. The molecule has 0 saturated carbocycles. The van der Waals surface area contributed by atoms with Gasteiger partial charge < -0.3 is 10.1 Å². The van der Waals surface area contributed by atoms with E-state index in [2.05, 4.69) is 10.3 Å². The third-order valence-corrected chi connectivity index (χ3v) is 6.17. The number of carbonyl (C=O) groups is 1. The fourth-order valence-corrected chi connectivity index (χ4v) is 4.46. The number of thiazole rings is 1. The van der Waals surface area contributed by atoms with E-state index in [1.807, 2.05) is 24.3 Å². The van der Waals surface area contributed by atoms with Gasteiger partial charge >= 0.3 is 0 Å². The van der Waals surface area contributed by atoms with E-state index in [9.17, 15) is 4.79 Å². The van der Waals surface area contributed by atoms with E-state index in [1.54, 1.807) is 43.3 Å².